The van der Waals surface area contributed by atoms with Crippen LogP contribution in [0, 0.1) is 158 Å². The summed E-state index contributed by atoms with van der Waals surface area (Å²) in [6.45, 7) is 61.1. The molecule has 8 heteroatoms. The van der Waals surface area contributed by atoms with E-state index in [0.29, 0.717) is 0 Å². The van der Waals surface area contributed by atoms with E-state index in [0.717, 1.165) is 0 Å². The number of hydrogen-bond acceptors (Lipinski definition) is 0. The first-order valence-electron chi connectivity index (χ1n) is 50.7. The molecule has 17 rings (SSSR count). The molecular formula is C134H156N8+8. The second-order valence-corrected chi connectivity index (χ2v) is 43.0. The summed E-state index contributed by atoms with van der Waals surface area (Å²) in [5.41, 5.74) is 54.3. The lowest BCUT2D eigenvalue weighted by Crippen LogP contribution is -2.52. The highest BCUT2D eigenvalue weighted by atomic mass is 15.0. The van der Waals surface area contributed by atoms with Gasteiger partial charge in [0.1, 0.15) is 78.0 Å². The van der Waals surface area contributed by atoms with Crippen LogP contribution in [-0.2, 0) is 78.0 Å². The molecule has 0 N–H and O–H groups in total. The van der Waals surface area contributed by atoms with Gasteiger partial charge in [-0.25, -0.2) is 36.5 Å². The van der Waals surface area contributed by atoms with Crippen LogP contribution in [0.3, 0.4) is 0 Å². The summed E-state index contributed by atoms with van der Waals surface area (Å²) in [5.74, 6) is 0. The largest absolute Gasteiger partial charge is 0.212 e. The molecule has 8 aromatic heterocycles. The number of aromatic nitrogens is 8. The van der Waals surface area contributed by atoms with E-state index in [1.165, 1.54) is 240 Å². The van der Waals surface area contributed by atoms with Crippen molar-refractivity contribution in [1.82, 2.24) is 0 Å². The van der Waals surface area contributed by atoms with Gasteiger partial charge in [-0.15, -0.1) is 0 Å². The number of rotatable bonds is 17. The van der Waals surface area contributed by atoms with E-state index in [1.54, 1.807) is 0 Å². The third-order valence-corrected chi connectivity index (χ3v) is 31.1. The first kappa shape index (κ1) is 104. The molecule has 724 valence electrons. The van der Waals surface area contributed by atoms with E-state index in [1.807, 2.05) is 0 Å². The highest BCUT2D eigenvalue weighted by Crippen LogP contribution is 2.55. The van der Waals surface area contributed by atoms with Crippen molar-refractivity contribution in [2.75, 3.05) is 0 Å². The number of benzene rings is 9. The lowest BCUT2D eigenvalue weighted by atomic mass is 9.55. The molecule has 0 aliphatic carbocycles. The van der Waals surface area contributed by atoms with Crippen molar-refractivity contribution in [3.8, 4) is 45.0 Å². The highest BCUT2D eigenvalue weighted by Gasteiger charge is 2.55. The maximum atomic E-state index is 2.44. The van der Waals surface area contributed by atoms with E-state index >= 15 is 0 Å². The molecule has 0 radical (unpaired) electrons. The van der Waals surface area contributed by atoms with Crippen molar-refractivity contribution in [3.05, 3.63) is 506 Å². The Hall–Kier alpha value is -13.8. The van der Waals surface area contributed by atoms with Gasteiger partial charge in [0.25, 0.3) is 0 Å². The fourth-order valence-corrected chi connectivity index (χ4v) is 23.3. The molecule has 4 unspecified atom stereocenters. The Kier molecular flexibility index (Phi) is 30.6. The zero-order chi connectivity index (χ0) is 103. The van der Waals surface area contributed by atoms with Crippen LogP contribution in [0.5, 0.6) is 0 Å². The third kappa shape index (κ3) is 19.9. The average molecular weight is 1880 g/mol. The predicted molar refractivity (Wildman–Crippen MR) is 589 cm³/mol. The van der Waals surface area contributed by atoms with Gasteiger partial charge in [-0.2, -0.15) is 0 Å². The molecule has 9 aromatic carbocycles. The molecule has 17 aromatic rings. The summed E-state index contributed by atoms with van der Waals surface area (Å²) >= 11 is 0. The SMILES string of the molecule is Cc1ccc(C)c(C(C)(c2cc(C)cc(-c3cc(C)c(C)c[n+]3C)c2C)c2cc(C)c(C)c[n+]2C)c1.Cc1ccc(C)c(C(C)(c2cc(C)cc(-c3cc(C)cc[n+]3C)c2C)c2cc(C)cc[n+]2C)c1.Cc1ccc(C)c(C(c2cc(C)cc(-c3ccc(C)c[n+]3C)c2C)(c2ccc(C)c[n+]2C)C(C)(C)C)c1.Cc1ccccc1C(c1ccccc1)(c1cccc(-c2cccc[n+]2C)c1C)c1cccc[n+]1C. The molecule has 0 fully saturated rings. The van der Waals surface area contributed by atoms with Crippen LogP contribution < -0.4 is 36.5 Å². The van der Waals surface area contributed by atoms with Gasteiger partial charge in [-0.1, -0.05) is 183 Å². The van der Waals surface area contributed by atoms with E-state index in [4.69, 9.17) is 0 Å². The Labute approximate surface area is 851 Å². The van der Waals surface area contributed by atoms with Crippen LogP contribution in [0.15, 0.2) is 310 Å². The second-order valence-electron chi connectivity index (χ2n) is 43.0. The van der Waals surface area contributed by atoms with E-state index in [-0.39, 0.29) is 21.7 Å². The molecule has 0 saturated carbocycles. The normalized spacial score (nSPS) is 13.1. The molecular weight excluding hydrogens is 1720 g/mol. The number of aryl methyl sites for hydroxylation is 26. The summed E-state index contributed by atoms with van der Waals surface area (Å²) in [6, 6.07) is 97.4. The second kappa shape index (κ2) is 41.8. The average Bonchev–Trinajstić information content (AvgIpc) is 0.712. The molecule has 8 nitrogen and oxygen atoms in total. The lowest BCUT2D eigenvalue weighted by Gasteiger charge is -2.45. The Morgan fingerprint density at radius 3 is 1.11 bits per heavy atom. The molecule has 4 atom stereocenters. The third-order valence-electron chi connectivity index (χ3n) is 31.1. The van der Waals surface area contributed by atoms with Crippen LogP contribution in [0.4, 0.5) is 0 Å². The summed E-state index contributed by atoms with van der Waals surface area (Å²) in [7, 11) is 17.3. The first-order chi connectivity index (χ1) is 67.2. The van der Waals surface area contributed by atoms with Crippen molar-refractivity contribution in [2.45, 2.75) is 209 Å². The minimum Gasteiger partial charge on any atom is -0.204 e. The molecule has 8 heterocycles. The van der Waals surface area contributed by atoms with Crippen molar-refractivity contribution in [3.63, 3.8) is 0 Å². The standard InChI is InChI=1S/C35H44N2.C34H42N2.C33H32N2.C32H38N2/c1-23-12-15-27(5)30(19-23)35(34(7,8)9,33-17-14-25(3)22-37(33)11)31-20-26(4)18-29(28(31)6)32-16-13-24(2)21-36(32)10;1-21-12-13-23(3)30(15-21)34(9,33-18-25(5)27(7)20-36(33)11)31-16-22(2)14-29(28(31)8)32-17-24(4)26(6)19-35(32)10;1-25-15-8-9-19-29(25)33(27-16-6-5-7-17-27,32-22-11-13-24-35(32)4)30-20-14-18-28(26(30)2)31-21-10-12-23-34(31)3;1-21-10-11-25(5)28(17-21)32(7,31-20-23(3)13-15-34(31)9)29-18-24(4)16-27(26(29)6)30-19-22(2)12-14-33(30)8/h12-22H,1-11H3;12-20H,1-11H3;5-24H,1-4H3;10-20H,1-9H3/q4*+2. The number of pyridine rings is 8. The Morgan fingerprint density at radius 2 is 0.563 bits per heavy atom. The van der Waals surface area contributed by atoms with Crippen LogP contribution in [0.25, 0.3) is 45.0 Å². The number of hydrogen-bond donors (Lipinski definition) is 0. The van der Waals surface area contributed by atoms with Gasteiger partial charge in [0.2, 0.25) is 28.5 Å². The molecule has 0 spiro atoms. The molecule has 142 heavy (non-hydrogen) atoms. The van der Waals surface area contributed by atoms with Crippen LogP contribution >= 0.6 is 0 Å². The molecule has 0 aliphatic rings. The first-order valence-corrected chi connectivity index (χ1v) is 50.7. The van der Waals surface area contributed by atoms with Crippen molar-refractivity contribution in [1.29, 1.82) is 0 Å². The van der Waals surface area contributed by atoms with Crippen LogP contribution in [-0.4, -0.2) is 0 Å². The van der Waals surface area contributed by atoms with Crippen molar-refractivity contribution >= 4 is 0 Å². The zero-order valence-corrected chi connectivity index (χ0v) is 92.0. The zero-order valence-electron chi connectivity index (χ0n) is 92.0. The lowest BCUT2D eigenvalue weighted by molar-refractivity contribution is -0.683. The maximum absolute atomic E-state index is 2.44. The quantitative estimate of drug-likeness (QED) is 0.0643. The molecule has 0 aliphatic heterocycles. The van der Waals surface area contributed by atoms with Gasteiger partial charge in [-0.05, 0) is 348 Å². The Balaban J connectivity index is 0.000000150. The van der Waals surface area contributed by atoms with E-state index < -0.39 is 5.41 Å². The highest BCUT2D eigenvalue weighted by molar-refractivity contribution is 5.74. The van der Waals surface area contributed by atoms with Gasteiger partial charge in [-0.3, -0.25) is 0 Å². The van der Waals surface area contributed by atoms with Gasteiger partial charge in [0.15, 0.2) is 66.7 Å². The summed E-state index contributed by atoms with van der Waals surface area (Å²) in [6.07, 6.45) is 17.7. The minimum atomic E-state index is -0.490. The van der Waals surface area contributed by atoms with Gasteiger partial charge < -0.3 is 0 Å². The van der Waals surface area contributed by atoms with Crippen LogP contribution in [0.1, 0.15) is 230 Å². The molecule has 0 bridgehead atoms. The summed E-state index contributed by atoms with van der Waals surface area (Å²) in [5, 5.41) is 0. The Bertz CT molecular complexity index is 7560. The van der Waals surface area contributed by atoms with Gasteiger partial charge in [0, 0.05) is 117 Å². The monoisotopic (exact) mass is 1880 g/mol. The van der Waals surface area contributed by atoms with Crippen LogP contribution in [0.2, 0.25) is 0 Å². The number of nitrogens with zero attached hydrogens (tertiary/aromatic N) is 8. The smallest absolute Gasteiger partial charge is 0.204 e. The fourth-order valence-electron chi connectivity index (χ4n) is 23.3. The molecule has 0 saturated heterocycles. The van der Waals surface area contributed by atoms with Gasteiger partial charge >= 0.3 is 0 Å². The summed E-state index contributed by atoms with van der Waals surface area (Å²) in [4.78, 5) is 0. The van der Waals surface area contributed by atoms with E-state index in [2.05, 4.69) is 590 Å². The minimum absolute atomic E-state index is 0.121. The molecule has 0 amide bonds. The maximum Gasteiger partial charge on any atom is 0.212 e. The summed E-state index contributed by atoms with van der Waals surface area (Å²) < 4.78 is 18.2. The van der Waals surface area contributed by atoms with Gasteiger partial charge in [0.05, 0.1) is 0 Å². The van der Waals surface area contributed by atoms with E-state index in [9.17, 15) is 0 Å². The Morgan fingerprint density at radius 1 is 0.183 bits per heavy atom. The topological polar surface area (TPSA) is 31.0 Å². The predicted octanol–water partition coefficient (Wildman–Crippen LogP) is 26.3. The van der Waals surface area contributed by atoms with Crippen molar-refractivity contribution < 1.29 is 36.5 Å². The fraction of sp³-hybridized carbons (Fsp3) is 0.299. The van der Waals surface area contributed by atoms with Crippen molar-refractivity contribution in [2.24, 2.45) is 61.8 Å².